The molecule has 8 heteroatoms. The van der Waals surface area contributed by atoms with E-state index in [1.54, 1.807) is 23.8 Å². The molecule has 3 aromatic heterocycles. The van der Waals surface area contributed by atoms with Gasteiger partial charge in [0.1, 0.15) is 0 Å². The summed E-state index contributed by atoms with van der Waals surface area (Å²) < 4.78 is 3.18. The number of rotatable bonds is 4. The first-order valence-electron chi connectivity index (χ1n) is 7.44. The third-order valence-electron chi connectivity index (χ3n) is 3.70. The van der Waals surface area contributed by atoms with Crippen molar-refractivity contribution in [2.45, 2.75) is 26.8 Å². The summed E-state index contributed by atoms with van der Waals surface area (Å²) in [6.07, 6.45) is 4.34. The summed E-state index contributed by atoms with van der Waals surface area (Å²) >= 11 is 0. The predicted molar refractivity (Wildman–Crippen MR) is 86.5 cm³/mol. The molecule has 0 radical (unpaired) electrons. The molecule has 0 bridgehead atoms. The minimum Gasteiger partial charge on any atom is -0.336 e. The fourth-order valence-electron chi connectivity index (χ4n) is 2.38. The molecule has 120 valence electrons. The van der Waals surface area contributed by atoms with E-state index in [-0.39, 0.29) is 5.56 Å². The van der Waals surface area contributed by atoms with Gasteiger partial charge < -0.3 is 9.47 Å². The minimum atomic E-state index is -0.172. The summed E-state index contributed by atoms with van der Waals surface area (Å²) in [5.74, 6) is 1.31. The Morgan fingerprint density at radius 3 is 2.74 bits per heavy atom. The molecule has 0 aliphatic carbocycles. The average molecular weight is 313 g/mol. The predicted octanol–water partition coefficient (Wildman–Crippen LogP) is 0.725. The number of aromatic nitrogens is 6. The summed E-state index contributed by atoms with van der Waals surface area (Å²) in [4.78, 5) is 22.9. The quantitative estimate of drug-likeness (QED) is 0.706. The molecule has 3 heterocycles. The zero-order chi connectivity index (χ0) is 16.6. The van der Waals surface area contributed by atoms with Gasteiger partial charge in [0.15, 0.2) is 5.82 Å². The molecule has 0 saturated heterocycles. The lowest BCUT2D eigenvalue weighted by molar-refractivity contribution is 0.776. The molecule has 0 aliphatic rings. The minimum absolute atomic E-state index is 0.172. The third-order valence-corrected chi connectivity index (χ3v) is 3.70. The maximum atomic E-state index is 12.0. The Labute approximate surface area is 133 Å². The second-order valence-electron chi connectivity index (χ2n) is 5.53. The van der Waals surface area contributed by atoms with Crippen LogP contribution in [-0.4, -0.2) is 36.2 Å². The van der Waals surface area contributed by atoms with Crippen molar-refractivity contribution in [2.75, 3.05) is 11.9 Å². The molecule has 0 N–H and O–H groups in total. The van der Waals surface area contributed by atoms with Crippen LogP contribution < -0.4 is 10.5 Å². The van der Waals surface area contributed by atoms with Crippen molar-refractivity contribution in [1.29, 1.82) is 0 Å². The summed E-state index contributed by atoms with van der Waals surface area (Å²) in [5.41, 5.74) is 2.07. The van der Waals surface area contributed by atoms with E-state index in [9.17, 15) is 4.79 Å². The van der Waals surface area contributed by atoms with Crippen molar-refractivity contribution in [3.63, 3.8) is 0 Å². The van der Waals surface area contributed by atoms with Crippen molar-refractivity contribution in [3.8, 4) is 0 Å². The molecule has 3 rings (SSSR count). The fraction of sp³-hybridized carbons (Fsp3) is 0.400. The van der Waals surface area contributed by atoms with E-state index in [1.165, 1.54) is 4.57 Å². The van der Waals surface area contributed by atoms with Crippen LogP contribution >= 0.6 is 0 Å². The van der Waals surface area contributed by atoms with Gasteiger partial charge in [-0.25, -0.2) is 9.97 Å². The molecule has 0 unspecified atom stereocenters. The Hall–Kier alpha value is -2.77. The summed E-state index contributed by atoms with van der Waals surface area (Å²) in [6.45, 7) is 4.47. The SMILES string of the molecule is CCc1cc(C)nc(N(C)Cc2nnc3c(=O)n(C)ccn23)n1. The number of anilines is 1. The van der Waals surface area contributed by atoms with E-state index < -0.39 is 0 Å². The molecule has 0 aromatic carbocycles. The lowest BCUT2D eigenvalue weighted by Crippen LogP contribution is -2.23. The molecule has 0 fully saturated rings. The fourth-order valence-corrected chi connectivity index (χ4v) is 2.38. The first-order chi connectivity index (χ1) is 11.0. The van der Waals surface area contributed by atoms with Crippen LogP contribution in [0.3, 0.4) is 0 Å². The van der Waals surface area contributed by atoms with Gasteiger partial charge in [-0.1, -0.05) is 6.92 Å². The molecule has 23 heavy (non-hydrogen) atoms. The first-order valence-corrected chi connectivity index (χ1v) is 7.44. The lowest BCUT2D eigenvalue weighted by Gasteiger charge is -2.17. The molecule has 0 aliphatic heterocycles. The average Bonchev–Trinajstić information content (AvgIpc) is 2.93. The van der Waals surface area contributed by atoms with Crippen LogP contribution in [0, 0.1) is 6.92 Å². The van der Waals surface area contributed by atoms with Gasteiger partial charge >= 0.3 is 0 Å². The lowest BCUT2D eigenvalue weighted by atomic mass is 10.3. The molecule has 0 saturated carbocycles. The molecular formula is C15H19N7O. The van der Waals surface area contributed by atoms with Gasteiger partial charge in [-0.2, -0.15) is 0 Å². The summed E-state index contributed by atoms with van der Waals surface area (Å²) in [7, 11) is 3.59. The summed E-state index contributed by atoms with van der Waals surface area (Å²) in [5, 5.41) is 8.12. The van der Waals surface area contributed by atoms with Gasteiger partial charge in [-0.15, -0.1) is 10.2 Å². The van der Waals surface area contributed by atoms with E-state index in [0.29, 0.717) is 24.0 Å². The van der Waals surface area contributed by atoms with Crippen LogP contribution in [0.4, 0.5) is 5.95 Å². The zero-order valence-corrected chi connectivity index (χ0v) is 13.7. The van der Waals surface area contributed by atoms with Gasteiger partial charge in [-0.05, 0) is 19.4 Å². The van der Waals surface area contributed by atoms with E-state index in [0.717, 1.165) is 17.8 Å². The van der Waals surface area contributed by atoms with Crippen molar-refractivity contribution >= 4 is 11.6 Å². The van der Waals surface area contributed by atoms with Gasteiger partial charge in [0.25, 0.3) is 5.56 Å². The first kappa shape index (κ1) is 15.1. The molecule has 3 aromatic rings. The van der Waals surface area contributed by atoms with Gasteiger partial charge in [-0.3, -0.25) is 9.20 Å². The molecule has 0 atom stereocenters. The van der Waals surface area contributed by atoms with Crippen molar-refractivity contribution < 1.29 is 0 Å². The normalized spacial score (nSPS) is 11.1. The van der Waals surface area contributed by atoms with Crippen LogP contribution in [0.1, 0.15) is 24.1 Å². The largest absolute Gasteiger partial charge is 0.336 e. The summed E-state index contributed by atoms with van der Waals surface area (Å²) in [6, 6.07) is 1.98. The van der Waals surface area contributed by atoms with Gasteiger partial charge in [0, 0.05) is 37.9 Å². The van der Waals surface area contributed by atoms with Gasteiger partial charge in [0.2, 0.25) is 11.6 Å². The Morgan fingerprint density at radius 2 is 2.00 bits per heavy atom. The van der Waals surface area contributed by atoms with E-state index in [2.05, 4.69) is 27.1 Å². The molecule has 0 spiro atoms. The van der Waals surface area contributed by atoms with Crippen LogP contribution in [0.15, 0.2) is 23.3 Å². The maximum absolute atomic E-state index is 12.0. The highest BCUT2D eigenvalue weighted by molar-refractivity contribution is 5.37. The van der Waals surface area contributed by atoms with Gasteiger partial charge in [0.05, 0.1) is 6.54 Å². The molecular weight excluding hydrogens is 294 g/mol. The van der Waals surface area contributed by atoms with Crippen LogP contribution in [-0.2, 0) is 20.0 Å². The Kier molecular flexibility index (Phi) is 3.81. The Morgan fingerprint density at radius 1 is 1.22 bits per heavy atom. The highest BCUT2D eigenvalue weighted by Gasteiger charge is 2.14. The Bertz CT molecular complexity index is 912. The topological polar surface area (TPSA) is 81.2 Å². The van der Waals surface area contributed by atoms with Crippen LogP contribution in [0.5, 0.6) is 0 Å². The van der Waals surface area contributed by atoms with Crippen molar-refractivity contribution in [1.82, 2.24) is 29.1 Å². The smallest absolute Gasteiger partial charge is 0.295 e. The van der Waals surface area contributed by atoms with E-state index in [1.807, 2.05) is 24.9 Å². The maximum Gasteiger partial charge on any atom is 0.295 e. The number of hydrogen-bond acceptors (Lipinski definition) is 6. The standard InChI is InChI=1S/C15H19N7O/c1-5-11-8-10(2)16-15(17-11)21(4)9-12-18-19-13-14(23)20(3)6-7-22(12)13/h6-8H,5,9H2,1-4H3. The van der Waals surface area contributed by atoms with Crippen LogP contribution in [0.2, 0.25) is 0 Å². The monoisotopic (exact) mass is 313 g/mol. The zero-order valence-electron chi connectivity index (χ0n) is 13.7. The molecule has 8 nitrogen and oxygen atoms in total. The number of hydrogen-bond donors (Lipinski definition) is 0. The Balaban J connectivity index is 1.94. The second-order valence-corrected chi connectivity index (χ2v) is 5.53. The highest BCUT2D eigenvalue weighted by Crippen LogP contribution is 2.12. The number of aryl methyl sites for hydroxylation is 3. The van der Waals surface area contributed by atoms with E-state index in [4.69, 9.17) is 0 Å². The third kappa shape index (κ3) is 2.79. The number of nitrogens with zero attached hydrogens (tertiary/aromatic N) is 7. The van der Waals surface area contributed by atoms with E-state index >= 15 is 0 Å². The number of fused-ring (bicyclic) bond motifs is 1. The molecule has 0 amide bonds. The van der Waals surface area contributed by atoms with Crippen molar-refractivity contribution in [3.05, 3.63) is 46.0 Å². The van der Waals surface area contributed by atoms with Crippen LogP contribution in [0.25, 0.3) is 5.65 Å². The second kappa shape index (κ2) is 5.79. The highest BCUT2D eigenvalue weighted by atomic mass is 16.1. The van der Waals surface area contributed by atoms with Crippen molar-refractivity contribution in [2.24, 2.45) is 7.05 Å².